The van der Waals surface area contributed by atoms with E-state index in [9.17, 15) is 18.0 Å². The van der Waals surface area contributed by atoms with Gasteiger partial charge in [0, 0.05) is 11.4 Å². The molecule has 0 radical (unpaired) electrons. The van der Waals surface area contributed by atoms with Crippen LogP contribution in [0.5, 0.6) is 0 Å². The highest BCUT2D eigenvalue weighted by atomic mass is 32.2. The topological polar surface area (TPSA) is 118 Å². The lowest BCUT2D eigenvalue weighted by atomic mass is 10.3. The van der Waals surface area contributed by atoms with Gasteiger partial charge in [0.2, 0.25) is 21.7 Å². The molecule has 2 amide bonds. The number of sulfone groups is 1. The van der Waals surface area contributed by atoms with Gasteiger partial charge < -0.3 is 10.6 Å². The number of thiazole rings is 2. The van der Waals surface area contributed by atoms with Gasteiger partial charge in [-0.05, 0) is 72.8 Å². The van der Waals surface area contributed by atoms with E-state index >= 15 is 0 Å². The van der Waals surface area contributed by atoms with Gasteiger partial charge in [0.25, 0.3) is 0 Å². The lowest BCUT2D eigenvalue weighted by molar-refractivity contribution is -0.114. The van der Waals surface area contributed by atoms with Gasteiger partial charge in [-0.2, -0.15) is 0 Å². The van der Waals surface area contributed by atoms with Crippen molar-refractivity contribution in [1.82, 2.24) is 9.97 Å². The number of benzene rings is 4. The third-order valence-electron chi connectivity index (χ3n) is 6.10. The Morgan fingerprint density at radius 1 is 0.605 bits per heavy atom. The maximum Gasteiger partial charge on any atom is 0.234 e. The van der Waals surface area contributed by atoms with Crippen molar-refractivity contribution in [2.75, 3.05) is 22.1 Å². The van der Waals surface area contributed by atoms with E-state index in [-0.39, 0.29) is 33.1 Å². The molecule has 0 aliphatic rings. The molecule has 0 spiro atoms. The van der Waals surface area contributed by atoms with E-state index in [4.69, 9.17) is 0 Å². The fourth-order valence-electron chi connectivity index (χ4n) is 4.05. The molecule has 4 aromatic carbocycles. The quantitative estimate of drug-likeness (QED) is 0.148. The number of rotatable bonds is 10. The number of carbonyl (C=O) groups excluding carboxylic acids is 2. The molecular weight excluding hydrogens is 641 g/mol. The van der Waals surface area contributed by atoms with E-state index in [1.54, 1.807) is 24.3 Å². The van der Waals surface area contributed by atoms with E-state index < -0.39 is 9.84 Å². The van der Waals surface area contributed by atoms with E-state index in [1.165, 1.54) is 70.5 Å². The molecule has 0 atom stereocenters. The Morgan fingerprint density at radius 2 is 1.00 bits per heavy atom. The number of amides is 2. The number of hydrogen-bond donors (Lipinski definition) is 2. The molecule has 2 heterocycles. The minimum Gasteiger partial charge on any atom is -0.325 e. The van der Waals surface area contributed by atoms with Crippen LogP contribution in [0.1, 0.15) is 0 Å². The van der Waals surface area contributed by atoms with Crippen molar-refractivity contribution in [3.05, 3.63) is 97.1 Å². The largest absolute Gasteiger partial charge is 0.325 e. The van der Waals surface area contributed by atoms with Gasteiger partial charge in [-0.25, -0.2) is 18.4 Å². The van der Waals surface area contributed by atoms with Crippen molar-refractivity contribution in [3.8, 4) is 0 Å². The molecule has 6 rings (SSSR count). The molecule has 43 heavy (non-hydrogen) atoms. The molecule has 6 aromatic rings. The number of anilines is 2. The Kier molecular flexibility index (Phi) is 8.77. The van der Waals surface area contributed by atoms with Crippen molar-refractivity contribution in [3.63, 3.8) is 0 Å². The van der Waals surface area contributed by atoms with Crippen LogP contribution in [-0.2, 0) is 19.4 Å². The zero-order valence-electron chi connectivity index (χ0n) is 22.2. The maximum absolute atomic E-state index is 13.2. The fraction of sp³-hybridized carbons (Fsp3) is 0.0667. The van der Waals surface area contributed by atoms with E-state index in [1.807, 2.05) is 48.5 Å². The first kappa shape index (κ1) is 29.3. The van der Waals surface area contributed by atoms with Gasteiger partial charge in [-0.15, -0.1) is 22.7 Å². The standard InChI is InChI=1S/C30H22N4O4S5/c35-27(17-39-29-33-23-5-1-3-7-25(23)41-29)31-19-9-13-21(14-10-19)43(37,38)22-15-11-20(12-16-22)32-28(36)18-40-30-34-24-6-2-4-8-26(24)42-30/h1-16H,17-18H2,(H,31,35)(H,32,36). The predicted molar refractivity (Wildman–Crippen MR) is 176 cm³/mol. The van der Waals surface area contributed by atoms with E-state index in [2.05, 4.69) is 20.6 Å². The normalized spacial score (nSPS) is 11.5. The number of thioether (sulfide) groups is 2. The van der Waals surface area contributed by atoms with E-state index in [0.29, 0.717) is 11.4 Å². The molecule has 0 saturated heterocycles. The van der Waals surface area contributed by atoms with Crippen LogP contribution in [-0.4, -0.2) is 41.7 Å². The minimum atomic E-state index is -3.80. The number of aromatic nitrogens is 2. The Labute approximate surface area is 263 Å². The Hall–Kier alpha value is -3.75. The summed E-state index contributed by atoms with van der Waals surface area (Å²) in [5, 5.41) is 5.59. The summed E-state index contributed by atoms with van der Waals surface area (Å²) in [5.74, 6) is -0.0562. The molecule has 0 fully saturated rings. The number of hydrogen-bond acceptors (Lipinski definition) is 10. The maximum atomic E-state index is 13.2. The molecular formula is C30H22N4O4S5. The first-order valence-corrected chi connectivity index (χ1v) is 17.9. The lowest BCUT2D eigenvalue weighted by Gasteiger charge is -2.09. The Bertz CT molecular complexity index is 1830. The average molecular weight is 663 g/mol. The van der Waals surface area contributed by atoms with Crippen LogP contribution in [0, 0.1) is 0 Å². The van der Waals surface area contributed by atoms with Gasteiger partial charge in [-0.1, -0.05) is 47.8 Å². The Morgan fingerprint density at radius 3 is 1.40 bits per heavy atom. The second-order valence-corrected chi connectivity index (χ2v) is 15.6. The van der Waals surface area contributed by atoms with Crippen LogP contribution >= 0.6 is 46.2 Å². The van der Waals surface area contributed by atoms with Gasteiger partial charge >= 0.3 is 0 Å². The highest BCUT2D eigenvalue weighted by molar-refractivity contribution is 8.02. The summed E-state index contributed by atoms with van der Waals surface area (Å²) in [5.41, 5.74) is 2.80. The average Bonchev–Trinajstić information content (AvgIpc) is 3.63. The SMILES string of the molecule is O=C(CSc1nc2ccccc2s1)Nc1ccc(S(=O)(=O)c2ccc(NC(=O)CSc3nc4ccccc4s3)cc2)cc1. The summed E-state index contributed by atoms with van der Waals surface area (Å²) < 4.78 is 30.1. The van der Waals surface area contributed by atoms with Crippen molar-refractivity contribution >= 4 is 99.7 Å². The molecule has 216 valence electrons. The number of nitrogens with one attached hydrogen (secondary N) is 2. The zero-order chi connectivity index (χ0) is 29.8. The summed E-state index contributed by atoms with van der Waals surface area (Å²) in [6, 6.07) is 27.7. The van der Waals surface area contributed by atoms with Crippen LogP contribution < -0.4 is 10.6 Å². The molecule has 2 N–H and O–H groups in total. The molecule has 0 aliphatic heterocycles. The smallest absolute Gasteiger partial charge is 0.234 e. The summed E-state index contributed by atoms with van der Waals surface area (Å²) in [6.07, 6.45) is 0. The van der Waals surface area contributed by atoms with Crippen LogP contribution in [0.3, 0.4) is 0 Å². The second kappa shape index (κ2) is 12.9. The first-order valence-electron chi connectivity index (χ1n) is 12.9. The third kappa shape index (κ3) is 7.08. The predicted octanol–water partition coefficient (Wildman–Crippen LogP) is 7.20. The molecule has 8 nitrogen and oxygen atoms in total. The fourth-order valence-corrected chi connectivity index (χ4v) is 9.04. The first-order chi connectivity index (χ1) is 20.8. The van der Waals surface area contributed by atoms with Crippen molar-refractivity contribution in [1.29, 1.82) is 0 Å². The molecule has 13 heteroatoms. The number of carbonyl (C=O) groups is 2. The zero-order valence-corrected chi connectivity index (χ0v) is 26.3. The van der Waals surface area contributed by atoms with Crippen LogP contribution in [0.15, 0.2) is 116 Å². The molecule has 0 aliphatic carbocycles. The number of fused-ring (bicyclic) bond motifs is 2. The minimum absolute atomic E-state index is 0.0957. The van der Waals surface area contributed by atoms with E-state index in [0.717, 1.165) is 29.1 Å². The summed E-state index contributed by atoms with van der Waals surface area (Å²) in [4.78, 5) is 34.1. The van der Waals surface area contributed by atoms with Crippen LogP contribution in [0.25, 0.3) is 20.4 Å². The second-order valence-electron chi connectivity index (χ2n) is 9.12. The highest BCUT2D eigenvalue weighted by Gasteiger charge is 2.18. The summed E-state index contributed by atoms with van der Waals surface area (Å²) >= 11 is 5.78. The highest BCUT2D eigenvalue weighted by Crippen LogP contribution is 2.31. The summed E-state index contributed by atoms with van der Waals surface area (Å²) in [7, 11) is -3.80. The summed E-state index contributed by atoms with van der Waals surface area (Å²) in [6.45, 7) is 0. The van der Waals surface area contributed by atoms with Crippen LogP contribution in [0.2, 0.25) is 0 Å². The van der Waals surface area contributed by atoms with Gasteiger partial charge in [0.15, 0.2) is 8.68 Å². The van der Waals surface area contributed by atoms with Crippen molar-refractivity contribution in [2.24, 2.45) is 0 Å². The van der Waals surface area contributed by atoms with Crippen LogP contribution in [0.4, 0.5) is 11.4 Å². The van der Waals surface area contributed by atoms with Gasteiger partial charge in [-0.3, -0.25) is 9.59 Å². The monoisotopic (exact) mass is 662 g/mol. The molecule has 2 aromatic heterocycles. The molecule has 0 unspecified atom stereocenters. The molecule has 0 saturated carbocycles. The van der Waals surface area contributed by atoms with Gasteiger partial charge in [0.05, 0.1) is 41.7 Å². The number of nitrogens with zero attached hydrogens (tertiary/aromatic N) is 2. The lowest BCUT2D eigenvalue weighted by Crippen LogP contribution is -2.14. The molecule has 0 bridgehead atoms. The van der Waals surface area contributed by atoms with Gasteiger partial charge in [0.1, 0.15) is 0 Å². The third-order valence-corrected chi connectivity index (χ3v) is 12.2. The van der Waals surface area contributed by atoms with Crippen molar-refractivity contribution < 1.29 is 18.0 Å². The Balaban J connectivity index is 1.01. The number of para-hydroxylation sites is 2. The van der Waals surface area contributed by atoms with Crippen molar-refractivity contribution in [2.45, 2.75) is 18.5 Å².